The zero-order valence-corrected chi connectivity index (χ0v) is 8.84. The van der Waals surface area contributed by atoms with Gasteiger partial charge in [-0.05, 0) is 25.0 Å². The van der Waals surface area contributed by atoms with Gasteiger partial charge in [0.2, 0.25) is 0 Å². The van der Waals surface area contributed by atoms with Crippen LogP contribution >= 0.6 is 11.6 Å². The normalized spacial score (nSPS) is 21.1. The number of aryl methyl sites for hydroxylation is 1. The highest BCUT2D eigenvalue weighted by molar-refractivity contribution is 6.29. The zero-order chi connectivity index (χ0) is 9.97. The molecule has 0 spiro atoms. The number of nitrogens with zero attached hydrogens (tertiary/aromatic N) is 1. The van der Waals surface area contributed by atoms with E-state index in [1.54, 1.807) is 6.20 Å². The summed E-state index contributed by atoms with van der Waals surface area (Å²) in [7, 11) is 0. The van der Waals surface area contributed by atoms with Gasteiger partial charge in [0.05, 0.1) is 24.5 Å². The fraction of sp³-hybridized carbons (Fsp3) is 0.500. The molecule has 0 amide bonds. The van der Waals surface area contributed by atoms with Crippen LogP contribution in [0.2, 0.25) is 5.15 Å². The lowest BCUT2D eigenvalue weighted by molar-refractivity contribution is 0.195. The third kappa shape index (κ3) is 2.16. The summed E-state index contributed by atoms with van der Waals surface area (Å²) in [6.45, 7) is 3.64. The molecule has 3 nitrogen and oxygen atoms in total. The van der Waals surface area contributed by atoms with E-state index in [0.29, 0.717) is 11.2 Å². The van der Waals surface area contributed by atoms with Gasteiger partial charge in [0.25, 0.3) is 0 Å². The highest BCUT2D eigenvalue weighted by Gasteiger charge is 2.15. The third-order valence-electron chi connectivity index (χ3n) is 2.37. The van der Waals surface area contributed by atoms with Crippen LogP contribution in [0.15, 0.2) is 12.3 Å². The SMILES string of the molecule is Cc1cc(Cl)ncc1NC1CCOC1. The molecule has 1 aromatic heterocycles. The predicted octanol–water partition coefficient (Wildman–Crippen LogP) is 2.24. The monoisotopic (exact) mass is 212 g/mol. The Balaban J connectivity index is 2.08. The topological polar surface area (TPSA) is 34.2 Å². The Morgan fingerprint density at radius 3 is 3.14 bits per heavy atom. The lowest BCUT2D eigenvalue weighted by Crippen LogP contribution is -2.19. The minimum absolute atomic E-state index is 0.414. The summed E-state index contributed by atoms with van der Waals surface area (Å²) in [4.78, 5) is 4.04. The summed E-state index contributed by atoms with van der Waals surface area (Å²) in [5.74, 6) is 0. The van der Waals surface area contributed by atoms with Gasteiger partial charge in [-0.25, -0.2) is 4.98 Å². The quantitative estimate of drug-likeness (QED) is 0.764. The molecular formula is C10H13ClN2O. The summed E-state index contributed by atoms with van der Waals surface area (Å²) in [5.41, 5.74) is 2.17. The van der Waals surface area contributed by atoms with E-state index < -0.39 is 0 Å². The van der Waals surface area contributed by atoms with Crippen molar-refractivity contribution in [1.82, 2.24) is 4.98 Å². The minimum Gasteiger partial charge on any atom is -0.379 e. The van der Waals surface area contributed by atoms with Gasteiger partial charge in [-0.2, -0.15) is 0 Å². The van der Waals surface area contributed by atoms with Crippen molar-refractivity contribution in [1.29, 1.82) is 0 Å². The number of nitrogens with one attached hydrogen (secondary N) is 1. The molecular weight excluding hydrogens is 200 g/mol. The van der Waals surface area contributed by atoms with Gasteiger partial charge in [0.15, 0.2) is 0 Å². The molecule has 2 rings (SSSR count). The van der Waals surface area contributed by atoms with Crippen molar-refractivity contribution in [3.63, 3.8) is 0 Å². The zero-order valence-electron chi connectivity index (χ0n) is 8.09. The highest BCUT2D eigenvalue weighted by Crippen LogP contribution is 2.19. The Morgan fingerprint density at radius 1 is 1.64 bits per heavy atom. The number of anilines is 1. The summed E-state index contributed by atoms with van der Waals surface area (Å²) >= 11 is 5.77. The van der Waals surface area contributed by atoms with Crippen molar-refractivity contribution < 1.29 is 4.74 Å². The van der Waals surface area contributed by atoms with Crippen molar-refractivity contribution in [3.05, 3.63) is 23.0 Å². The van der Waals surface area contributed by atoms with Crippen LogP contribution in [0, 0.1) is 6.92 Å². The Morgan fingerprint density at radius 2 is 2.50 bits per heavy atom. The number of hydrogen-bond donors (Lipinski definition) is 1. The smallest absolute Gasteiger partial charge is 0.129 e. The lowest BCUT2D eigenvalue weighted by Gasteiger charge is -2.13. The van der Waals surface area contributed by atoms with E-state index in [4.69, 9.17) is 16.3 Å². The third-order valence-corrected chi connectivity index (χ3v) is 2.57. The average molecular weight is 213 g/mol. The number of pyridine rings is 1. The van der Waals surface area contributed by atoms with Crippen molar-refractivity contribution >= 4 is 17.3 Å². The molecule has 1 aromatic rings. The van der Waals surface area contributed by atoms with Gasteiger partial charge in [-0.1, -0.05) is 11.6 Å². The molecule has 0 aromatic carbocycles. The average Bonchev–Trinajstić information content (AvgIpc) is 2.62. The van der Waals surface area contributed by atoms with Crippen LogP contribution < -0.4 is 5.32 Å². The van der Waals surface area contributed by atoms with Gasteiger partial charge >= 0.3 is 0 Å². The van der Waals surface area contributed by atoms with E-state index in [2.05, 4.69) is 10.3 Å². The fourth-order valence-electron chi connectivity index (χ4n) is 1.54. The van der Waals surface area contributed by atoms with Crippen LogP contribution in [-0.2, 0) is 4.74 Å². The highest BCUT2D eigenvalue weighted by atomic mass is 35.5. The Kier molecular flexibility index (Phi) is 2.89. The second-order valence-electron chi connectivity index (χ2n) is 3.53. The molecule has 4 heteroatoms. The Labute approximate surface area is 88.4 Å². The van der Waals surface area contributed by atoms with E-state index in [-0.39, 0.29) is 0 Å². The first-order valence-corrected chi connectivity index (χ1v) is 5.10. The molecule has 1 aliphatic heterocycles. The van der Waals surface area contributed by atoms with Crippen LogP contribution in [0.1, 0.15) is 12.0 Å². The van der Waals surface area contributed by atoms with Crippen LogP contribution in [0.3, 0.4) is 0 Å². The number of ether oxygens (including phenoxy) is 1. The maximum absolute atomic E-state index is 5.77. The maximum Gasteiger partial charge on any atom is 0.129 e. The summed E-state index contributed by atoms with van der Waals surface area (Å²) < 4.78 is 5.28. The van der Waals surface area contributed by atoms with Crippen molar-refractivity contribution in [2.75, 3.05) is 18.5 Å². The first-order chi connectivity index (χ1) is 6.75. The standard InChI is InChI=1S/C10H13ClN2O/c1-7-4-10(11)12-5-9(7)13-8-2-3-14-6-8/h4-5,8,13H,2-3,6H2,1H3. The number of rotatable bonds is 2. The van der Waals surface area contributed by atoms with Gasteiger partial charge in [0.1, 0.15) is 5.15 Å². The molecule has 1 saturated heterocycles. The van der Waals surface area contributed by atoms with Crippen molar-refractivity contribution in [2.24, 2.45) is 0 Å². The van der Waals surface area contributed by atoms with Crippen LogP contribution in [0.25, 0.3) is 0 Å². The van der Waals surface area contributed by atoms with Gasteiger partial charge in [-0.3, -0.25) is 0 Å². The van der Waals surface area contributed by atoms with E-state index in [0.717, 1.165) is 30.9 Å². The molecule has 1 fully saturated rings. The first kappa shape index (κ1) is 9.74. The molecule has 0 bridgehead atoms. The molecule has 14 heavy (non-hydrogen) atoms. The largest absolute Gasteiger partial charge is 0.379 e. The molecule has 1 aliphatic rings. The lowest BCUT2D eigenvalue weighted by atomic mass is 10.2. The molecule has 1 unspecified atom stereocenters. The summed E-state index contributed by atoms with van der Waals surface area (Å²) in [6, 6.07) is 2.27. The van der Waals surface area contributed by atoms with E-state index >= 15 is 0 Å². The number of aromatic nitrogens is 1. The van der Waals surface area contributed by atoms with Crippen LogP contribution in [-0.4, -0.2) is 24.2 Å². The predicted molar refractivity (Wildman–Crippen MR) is 56.8 cm³/mol. The first-order valence-electron chi connectivity index (χ1n) is 4.72. The summed E-state index contributed by atoms with van der Waals surface area (Å²) in [6.07, 6.45) is 2.83. The van der Waals surface area contributed by atoms with E-state index in [1.165, 1.54) is 0 Å². The second kappa shape index (κ2) is 4.15. The number of halogens is 1. The Bertz CT molecular complexity index is 324. The minimum atomic E-state index is 0.414. The molecule has 76 valence electrons. The summed E-state index contributed by atoms with van der Waals surface area (Å²) in [5, 5.41) is 3.93. The van der Waals surface area contributed by atoms with E-state index in [9.17, 15) is 0 Å². The van der Waals surface area contributed by atoms with Gasteiger partial charge < -0.3 is 10.1 Å². The number of hydrogen-bond acceptors (Lipinski definition) is 3. The van der Waals surface area contributed by atoms with Gasteiger partial charge in [0, 0.05) is 6.61 Å². The van der Waals surface area contributed by atoms with Crippen molar-refractivity contribution in [2.45, 2.75) is 19.4 Å². The van der Waals surface area contributed by atoms with Gasteiger partial charge in [-0.15, -0.1) is 0 Å². The maximum atomic E-state index is 5.77. The van der Waals surface area contributed by atoms with Crippen LogP contribution in [0.4, 0.5) is 5.69 Å². The second-order valence-corrected chi connectivity index (χ2v) is 3.91. The molecule has 0 radical (unpaired) electrons. The van der Waals surface area contributed by atoms with E-state index in [1.807, 2.05) is 13.0 Å². The molecule has 1 N–H and O–H groups in total. The fourth-order valence-corrected chi connectivity index (χ4v) is 1.75. The molecule has 2 heterocycles. The Hall–Kier alpha value is -0.800. The van der Waals surface area contributed by atoms with Crippen LogP contribution in [0.5, 0.6) is 0 Å². The molecule has 0 aliphatic carbocycles. The molecule has 1 atom stereocenters. The molecule has 0 saturated carbocycles. The van der Waals surface area contributed by atoms with Crippen molar-refractivity contribution in [3.8, 4) is 0 Å².